The quantitative estimate of drug-likeness (QED) is 0.719. The minimum atomic E-state index is 0.193. The number of alkyl halides is 1. The molecule has 0 saturated carbocycles. The number of aromatic nitrogens is 2. The maximum Gasteiger partial charge on any atom is 0.0817 e. The Labute approximate surface area is 120 Å². The van der Waals surface area contributed by atoms with Crippen LogP contribution in [0.5, 0.6) is 0 Å². The molecule has 1 aromatic heterocycles. The molecule has 5 heteroatoms. The lowest BCUT2D eigenvalue weighted by Crippen LogP contribution is -2.20. The van der Waals surface area contributed by atoms with E-state index in [0.717, 1.165) is 36.6 Å². The van der Waals surface area contributed by atoms with Crippen molar-refractivity contribution in [3.63, 3.8) is 0 Å². The van der Waals surface area contributed by atoms with Gasteiger partial charge in [0.1, 0.15) is 0 Å². The van der Waals surface area contributed by atoms with Crippen molar-refractivity contribution < 1.29 is 0 Å². The Morgan fingerprint density at radius 2 is 2.06 bits per heavy atom. The molecule has 1 aromatic rings. The van der Waals surface area contributed by atoms with Crippen molar-refractivity contribution in [3.05, 3.63) is 16.9 Å². The van der Waals surface area contributed by atoms with Gasteiger partial charge in [-0.3, -0.25) is 4.68 Å². The first kappa shape index (κ1) is 15.8. The number of hydrogen-bond acceptors (Lipinski definition) is 2. The first-order valence-corrected chi connectivity index (χ1v) is 7.22. The van der Waals surface area contributed by atoms with Gasteiger partial charge >= 0.3 is 0 Å². The van der Waals surface area contributed by atoms with E-state index in [2.05, 4.69) is 37.9 Å². The van der Waals surface area contributed by atoms with Gasteiger partial charge in [-0.1, -0.05) is 25.4 Å². The minimum absolute atomic E-state index is 0.193. The van der Waals surface area contributed by atoms with Crippen molar-refractivity contribution >= 4 is 23.2 Å². The smallest absolute Gasteiger partial charge is 0.0817 e. The molecule has 0 radical (unpaired) electrons. The fourth-order valence-electron chi connectivity index (χ4n) is 1.73. The van der Waals surface area contributed by atoms with Crippen molar-refractivity contribution in [1.82, 2.24) is 14.7 Å². The highest BCUT2D eigenvalue weighted by atomic mass is 35.5. The van der Waals surface area contributed by atoms with Gasteiger partial charge in [0.2, 0.25) is 0 Å². The second-order valence-electron chi connectivity index (χ2n) is 5.26. The van der Waals surface area contributed by atoms with Crippen molar-refractivity contribution in [2.75, 3.05) is 20.6 Å². The maximum atomic E-state index is 6.28. The standard InChI is InChI=1S/C13H23Cl2N3/c1-10(2)11(14)5-6-13-12(15)9-16-18(13)8-7-17(3)4/h9-11H,5-8H2,1-4H3. The molecule has 18 heavy (non-hydrogen) atoms. The molecule has 0 aromatic carbocycles. The van der Waals surface area contributed by atoms with Crippen molar-refractivity contribution in [3.8, 4) is 0 Å². The molecule has 0 aliphatic rings. The summed E-state index contributed by atoms with van der Waals surface area (Å²) in [5, 5.41) is 5.27. The van der Waals surface area contributed by atoms with Gasteiger partial charge in [0.05, 0.1) is 23.5 Å². The Morgan fingerprint density at radius 1 is 1.39 bits per heavy atom. The van der Waals surface area contributed by atoms with Crippen LogP contribution in [-0.4, -0.2) is 40.7 Å². The Morgan fingerprint density at radius 3 is 2.61 bits per heavy atom. The predicted octanol–water partition coefficient (Wildman–Crippen LogP) is 3.29. The van der Waals surface area contributed by atoms with Gasteiger partial charge in [-0.15, -0.1) is 11.6 Å². The molecular weight excluding hydrogens is 269 g/mol. The fourth-order valence-corrected chi connectivity index (χ4v) is 2.08. The van der Waals surface area contributed by atoms with Gasteiger partial charge < -0.3 is 4.90 Å². The third-order valence-corrected chi connectivity index (χ3v) is 4.07. The molecule has 0 bridgehead atoms. The van der Waals surface area contributed by atoms with E-state index in [1.165, 1.54) is 0 Å². The van der Waals surface area contributed by atoms with E-state index in [4.69, 9.17) is 23.2 Å². The summed E-state index contributed by atoms with van der Waals surface area (Å²) in [4.78, 5) is 2.14. The average molecular weight is 292 g/mol. The van der Waals surface area contributed by atoms with Gasteiger partial charge in [-0.05, 0) is 32.9 Å². The monoisotopic (exact) mass is 291 g/mol. The predicted molar refractivity (Wildman–Crippen MR) is 78.6 cm³/mol. The number of halogens is 2. The lowest BCUT2D eigenvalue weighted by atomic mass is 10.0. The highest BCUT2D eigenvalue weighted by molar-refractivity contribution is 6.31. The molecule has 1 unspecified atom stereocenters. The van der Waals surface area contributed by atoms with E-state index in [1.807, 2.05) is 4.68 Å². The van der Waals surface area contributed by atoms with Crippen molar-refractivity contribution in [2.45, 2.75) is 38.6 Å². The lowest BCUT2D eigenvalue weighted by molar-refractivity contribution is 0.368. The number of hydrogen-bond donors (Lipinski definition) is 0. The summed E-state index contributed by atoms with van der Waals surface area (Å²) in [6.45, 7) is 6.11. The summed E-state index contributed by atoms with van der Waals surface area (Å²) < 4.78 is 1.99. The summed E-state index contributed by atoms with van der Waals surface area (Å²) in [5.74, 6) is 0.489. The second kappa shape index (κ2) is 7.37. The third-order valence-electron chi connectivity index (χ3n) is 3.04. The second-order valence-corrected chi connectivity index (χ2v) is 6.23. The molecule has 104 valence electrons. The highest BCUT2D eigenvalue weighted by Crippen LogP contribution is 2.21. The summed E-state index contributed by atoms with van der Waals surface area (Å²) in [7, 11) is 4.11. The molecule has 0 amide bonds. The van der Waals surface area contributed by atoms with Crippen LogP contribution in [0.2, 0.25) is 5.02 Å². The van der Waals surface area contributed by atoms with Crippen LogP contribution in [0.25, 0.3) is 0 Å². The Kier molecular flexibility index (Phi) is 6.47. The molecule has 0 aliphatic heterocycles. The lowest BCUT2D eigenvalue weighted by Gasteiger charge is -2.15. The van der Waals surface area contributed by atoms with Crippen LogP contribution in [0.4, 0.5) is 0 Å². The summed E-state index contributed by atoms with van der Waals surface area (Å²) in [6.07, 6.45) is 3.55. The number of nitrogens with zero attached hydrogens (tertiary/aromatic N) is 3. The zero-order valence-corrected chi connectivity index (χ0v) is 13.2. The van der Waals surface area contributed by atoms with Crippen LogP contribution < -0.4 is 0 Å². The molecule has 0 N–H and O–H groups in total. The van der Waals surface area contributed by atoms with Gasteiger partial charge in [0.25, 0.3) is 0 Å². The third kappa shape index (κ3) is 4.79. The van der Waals surface area contributed by atoms with Crippen LogP contribution >= 0.6 is 23.2 Å². The molecular formula is C13H23Cl2N3. The molecule has 1 rings (SSSR count). The van der Waals surface area contributed by atoms with Crippen molar-refractivity contribution in [1.29, 1.82) is 0 Å². The molecule has 1 heterocycles. The van der Waals surface area contributed by atoms with E-state index < -0.39 is 0 Å². The summed E-state index contributed by atoms with van der Waals surface area (Å²) >= 11 is 12.5. The van der Waals surface area contributed by atoms with Crippen LogP contribution in [0.1, 0.15) is 26.0 Å². The highest BCUT2D eigenvalue weighted by Gasteiger charge is 2.14. The largest absolute Gasteiger partial charge is 0.308 e. The van der Waals surface area contributed by atoms with Crippen LogP contribution in [-0.2, 0) is 13.0 Å². The van der Waals surface area contributed by atoms with E-state index >= 15 is 0 Å². The zero-order valence-electron chi connectivity index (χ0n) is 11.7. The number of likely N-dealkylation sites (N-methyl/N-ethyl adjacent to an activating group) is 1. The minimum Gasteiger partial charge on any atom is -0.308 e. The SMILES string of the molecule is CC(C)C(Cl)CCc1c(Cl)cnn1CCN(C)C. The van der Waals surface area contributed by atoms with E-state index in [1.54, 1.807) is 6.20 Å². The molecule has 0 spiro atoms. The van der Waals surface area contributed by atoms with Crippen LogP contribution in [0.3, 0.4) is 0 Å². The van der Waals surface area contributed by atoms with Gasteiger partial charge in [0, 0.05) is 11.9 Å². The summed E-state index contributed by atoms with van der Waals surface area (Å²) in [5.41, 5.74) is 1.10. The maximum absolute atomic E-state index is 6.28. The Hall–Kier alpha value is -0.250. The molecule has 0 saturated heterocycles. The Balaban J connectivity index is 2.60. The van der Waals surface area contributed by atoms with Gasteiger partial charge in [-0.25, -0.2) is 0 Å². The number of rotatable bonds is 7. The molecule has 0 fully saturated rings. The van der Waals surface area contributed by atoms with Crippen LogP contribution in [0.15, 0.2) is 6.20 Å². The topological polar surface area (TPSA) is 21.1 Å². The van der Waals surface area contributed by atoms with E-state index in [0.29, 0.717) is 5.92 Å². The van der Waals surface area contributed by atoms with E-state index in [9.17, 15) is 0 Å². The first-order valence-electron chi connectivity index (χ1n) is 6.40. The molecule has 1 atom stereocenters. The first-order chi connectivity index (χ1) is 8.41. The van der Waals surface area contributed by atoms with E-state index in [-0.39, 0.29) is 5.38 Å². The fraction of sp³-hybridized carbons (Fsp3) is 0.769. The van der Waals surface area contributed by atoms with Gasteiger partial charge in [0.15, 0.2) is 0 Å². The summed E-state index contributed by atoms with van der Waals surface area (Å²) in [6, 6.07) is 0. The van der Waals surface area contributed by atoms with Crippen molar-refractivity contribution in [2.24, 2.45) is 5.92 Å². The average Bonchev–Trinajstić information content (AvgIpc) is 2.64. The molecule has 3 nitrogen and oxygen atoms in total. The Bertz CT molecular complexity index is 361. The normalized spacial score (nSPS) is 13.6. The van der Waals surface area contributed by atoms with Gasteiger partial charge in [-0.2, -0.15) is 5.10 Å². The molecule has 0 aliphatic carbocycles. The van der Waals surface area contributed by atoms with Crippen LogP contribution in [0, 0.1) is 5.92 Å². The zero-order chi connectivity index (χ0) is 13.7.